The van der Waals surface area contributed by atoms with Crippen LogP contribution in [0.1, 0.15) is 16.7 Å². The fraction of sp³-hybridized carbons (Fsp3) is 0.133. The predicted octanol–water partition coefficient (Wildman–Crippen LogP) is 1.52. The van der Waals surface area contributed by atoms with Crippen molar-refractivity contribution in [2.24, 2.45) is 5.73 Å². The molecule has 0 aromatic heterocycles. The van der Waals surface area contributed by atoms with Gasteiger partial charge in [-0.25, -0.2) is 0 Å². The molecule has 1 amide bonds. The largest absolute Gasteiger partial charge is 0.367 e. The Morgan fingerprint density at radius 3 is 2.44 bits per heavy atom. The quantitative estimate of drug-likeness (QED) is 0.833. The maximum absolute atomic E-state index is 12.0. The number of fused-ring (bicyclic) bond motifs is 1. The molecule has 1 heterocycles. The lowest BCUT2D eigenvalue weighted by Gasteiger charge is -2.27. The van der Waals surface area contributed by atoms with Gasteiger partial charge in [0.1, 0.15) is 5.54 Å². The highest BCUT2D eigenvalue weighted by Crippen LogP contribution is 2.36. The number of rotatable bonds is 2. The van der Waals surface area contributed by atoms with Gasteiger partial charge >= 0.3 is 0 Å². The maximum atomic E-state index is 12.0. The molecule has 0 saturated carbocycles. The van der Waals surface area contributed by atoms with Gasteiger partial charge in [0, 0.05) is 6.54 Å². The summed E-state index contributed by atoms with van der Waals surface area (Å²) >= 11 is 0. The molecule has 0 aliphatic carbocycles. The van der Waals surface area contributed by atoms with E-state index in [0.717, 1.165) is 16.7 Å². The molecule has 0 spiro atoms. The van der Waals surface area contributed by atoms with Gasteiger partial charge in [0.25, 0.3) is 0 Å². The summed E-state index contributed by atoms with van der Waals surface area (Å²) in [6.07, 6.45) is 0. The minimum atomic E-state index is -0.891. The molecule has 1 aliphatic heterocycles. The third kappa shape index (κ3) is 1.38. The van der Waals surface area contributed by atoms with Crippen LogP contribution in [0, 0.1) is 0 Å². The van der Waals surface area contributed by atoms with Gasteiger partial charge in [-0.3, -0.25) is 10.1 Å². The van der Waals surface area contributed by atoms with E-state index < -0.39 is 5.54 Å². The van der Waals surface area contributed by atoms with Crippen molar-refractivity contribution in [3.63, 3.8) is 0 Å². The molecule has 1 aliphatic rings. The number of amides is 1. The van der Waals surface area contributed by atoms with Crippen molar-refractivity contribution < 1.29 is 4.79 Å². The molecule has 0 radical (unpaired) electrons. The summed E-state index contributed by atoms with van der Waals surface area (Å²) in [7, 11) is 0. The second-order valence-corrected chi connectivity index (χ2v) is 4.49. The second kappa shape index (κ2) is 3.96. The van der Waals surface area contributed by atoms with Crippen LogP contribution in [-0.2, 0) is 16.9 Å². The minimum Gasteiger partial charge on any atom is -0.367 e. The highest BCUT2D eigenvalue weighted by molar-refractivity contribution is 5.91. The normalized spacial score (nSPS) is 21.6. The lowest BCUT2D eigenvalue weighted by atomic mass is 9.83. The van der Waals surface area contributed by atoms with E-state index in [-0.39, 0.29) is 5.91 Å². The van der Waals surface area contributed by atoms with Crippen LogP contribution < -0.4 is 11.1 Å². The van der Waals surface area contributed by atoms with E-state index in [1.54, 1.807) is 0 Å². The SMILES string of the molecule is NC(=O)C1(c2ccccc2)NCc2ccccc21. The Balaban J connectivity index is 2.25. The molecule has 3 nitrogen and oxygen atoms in total. The summed E-state index contributed by atoms with van der Waals surface area (Å²) in [6.45, 7) is 0.661. The number of hydrogen-bond acceptors (Lipinski definition) is 2. The molecule has 1 unspecified atom stereocenters. The fourth-order valence-electron chi connectivity index (χ4n) is 2.67. The van der Waals surface area contributed by atoms with Crippen LogP contribution in [0.3, 0.4) is 0 Å². The molecular weight excluding hydrogens is 224 g/mol. The Bertz CT molecular complexity index is 594. The summed E-state index contributed by atoms with van der Waals surface area (Å²) in [5.74, 6) is -0.362. The number of nitrogens with two attached hydrogens (primary N) is 1. The molecular formula is C15H14N2O. The Labute approximate surface area is 106 Å². The molecule has 3 heteroatoms. The van der Waals surface area contributed by atoms with Crippen LogP contribution in [-0.4, -0.2) is 5.91 Å². The van der Waals surface area contributed by atoms with Crippen molar-refractivity contribution in [1.29, 1.82) is 0 Å². The molecule has 0 saturated heterocycles. The molecule has 3 rings (SSSR count). The first-order valence-corrected chi connectivity index (χ1v) is 5.94. The first-order chi connectivity index (χ1) is 8.75. The highest BCUT2D eigenvalue weighted by Gasteiger charge is 2.44. The lowest BCUT2D eigenvalue weighted by Crippen LogP contribution is -2.49. The van der Waals surface area contributed by atoms with E-state index in [1.165, 1.54) is 0 Å². The summed E-state index contributed by atoms with van der Waals surface area (Å²) in [5, 5.41) is 3.28. The Kier molecular flexibility index (Phi) is 2.42. The van der Waals surface area contributed by atoms with E-state index in [0.29, 0.717) is 6.54 Å². The van der Waals surface area contributed by atoms with Gasteiger partial charge in [0.05, 0.1) is 0 Å². The molecule has 3 N–H and O–H groups in total. The predicted molar refractivity (Wildman–Crippen MR) is 69.7 cm³/mol. The monoisotopic (exact) mass is 238 g/mol. The Morgan fingerprint density at radius 1 is 1.06 bits per heavy atom. The third-order valence-electron chi connectivity index (χ3n) is 3.54. The molecule has 90 valence electrons. The van der Waals surface area contributed by atoms with Gasteiger partial charge in [-0.05, 0) is 16.7 Å². The van der Waals surface area contributed by atoms with Crippen molar-refractivity contribution in [3.05, 3.63) is 71.3 Å². The van der Waals surface area contributed by atoms with Crippen LogP contribution in [0.4, 0.5) is 0 Å². The van der Waals surface area contributed by atoms with Gasteiger partial charge in [0.2, 0.25) is 5.91 Å². The Hall–Kier alpha value is -2.13. The molecule has 18 heavy (non-hydrogen) atoms. The van der Waals surface area contributed by atoms with Crippen molar-refractivity contribution in [2.45, 2.75) is 12.1 Å². The topological polar surface area (TPSA) is 55.1 Å². The second-order valence-electron chi connectivity index (χ2n) is 4.49. The Morgan fingerprint density at radius 2 is 1.72 bits per heavy atom. The van der Waals surface area contributed by atoms with Crippen molar-refractivity contribution in [1.82, 2.24) is 5.32 Å². The van der Waals surface area contributed by atoms with E-state index >= 15 is 0 Å². The van der Waals surface area contributed by atoms with Crippen LogP contribution >= 0.6 is 0 Å². The summed E-state index contributed by atoms with van der Waals surface area (Å²) < 4.78 is 0. The van der Waals surface area contributed by atoms with E-state index in [2.05, 4.69) is 5.32 Å². The number of nitrogens with one attached hydrogen (secondary N) is 1. The van der Waals surface area contributed by atoms with Crippen LogP contribution in [0.2, 0.25) is 0 Å². The van der Waals surface area contributed by atoms with E-state index in [9.17, 15) is 4.79 Å². The van der Waals surface area contributed by atoms with Crippen molar-refractivity contribution in [2.75, 3.05) is 0 Å². The fourth-order valence-corrected chi connectivity index (χ4v) is 2.67. The summed E-state index contributed by atoms with van der Waals surface area (Å²) in [4.78, 5) is 12.0. The zero-order valence-corrected chi connectivity index (χ0v) is 9.89. The molecule has 2 aromatic carbocycles. The van der Waals surface area contributed by atoms with E-state index in [1.807, 2.05) is 54.6 Å². The average molecular weight is 238 g/mol. The average Bonchev–Trinajstić information content (AvgIpc) is 2.80. The van der Waals surface area contributed by atoms with Crippen LogP contribution in [0.5, 0.6) is 0 Å². The van der Waals surface area contributed by atoms with Gasteiger partial charge in [-0.15, -0.1) is 0 Å². The van der Waals surface area contributed by atoms with Gasteiger partial charge in [0.15, 0.2) is 0 Å². The third-order valence-corrected chi connectivity index (χ3v) is 3.54. The van der Waals surface area contributed by atoms with Crippen molar-refractivity contribution in [3.8, 4) is 0 Å². The number of carbonyl (C=O) groups is 1. The molecule has 0 fully saturated rings. The molecule has 0 bridgehead atoms. The number of benzene rings is 2. The first kappa shape index (κ1) is 11.0. The number of primary amides is 1. The summed E-state index contributed by atoms with van der Waals surface area (Å²) in [6, 6.07) is 17.5. The van der Waals surface area contributed by atoms with Crippen LogP contribution in [0.15, 0.2) is 54.6 Å². The van der Waals surface area contributed by atoms with Crippen LogP contribution in [0.25, 0.3) is 0 Å². The highest BCUT2D eigenvalue weighted by atomic mass is 16.1. The molecule has 1 atom stereocenters. The maximum Gasteiger partial charge on any atom is 0.247 e. The smallest absolute Gasteiger partial charge is 0.247 e. The number of carbonyl (C=O) groups excluding carboxylic acids is 1. The van der Waals surface area contributed by atoms with Crippen molar-refractivity contribution >= 4 is 5.91 Å². The molecule has 2 aromatic rings. The zero-order valence-electron chi connectivity index (χ0n) is 9.89. The first-order valence-electron chi connectivity index (χ1n) is 5.94. The van der Waals surface area contributed by atoms with Gasteiger partial charge in [-0.1, -0.05) is 54.6 Å². The lowest BCUT2D eigenvalue weighted by molar-refractivity contribution is -0.122. The van der Waals surface area contributed by atoms with E-state index in [4.69, 9.17) is 5.73 Å². The standard InChI is InChI=1S/C15H14N2O/c16-14(18)15(12-7-2-1-3-8-12)13-9-5-4-6-11(13)10-17-15/h1-9,17H,10H2,(H2,16,18). The zero-order chi connectivity index (χ0) is 12.6. The number of hydrogen-bond donors (Lipinski definition) is 2. The van der Waals surface area contributed by atoms with Gasteiger partial charge < -0.3 is 5.73 Å². The minimum absolute atomic E-state index is 0.362. The van der Waals surface area contributed by atoms with Gasteiger partial charge in [-0.2, -0.15) is 0 Å². The summed E-state index contributed by atoms with van der Waals surface area (Å²) in [5.41, 5.74) is 7.77.